The van der Waals surface area contributed by atoms with Gasteiger partial charge in [-0.2, -0.15) is 0 Å². The van der Waals surface area contributed by atoms with Gasteiger partial charge in [0.05, 0.1) is 0 Å². The SMILES string of the molecule is CC(=O)OC(C=C1CC1)OC(C)=O. The van der Waals surface area contributed by atoms with Crippen LogP contribution < -0.4 is 0 Å². The number of rotatable bonds is 3. The first-order chi connectivity index (χ1) is 6.08. The summed E-state index contributed by atoms with van der Waals surface area (Å²) in [6.07, 6.45) is 2.83. The number of allylic oxidation sites excluding steroid dienone is 1. The topological polar surface area (TPSA) is 52.6 Å². The van der Waals surface area contributed by atoms with Gasteiger partial charge < -0.3 is 9.47 Å². The molecule has 1 fully saturated rings. The number of carbonyl (C=O) groups excluding carboxylic acids is 2. The van der Waals surface area contributed by atoms with Crippen LogP contribution in [0, 0.1) is 0 Å². The van der Waals surface area contributed by atoms with Gasteiger partial charge in [0.15, 0.2) is 0 Å². The van der Waals surface area contributed by atoms with Gasteiger partial charge in [-0.3, -0.25) is 9.59 Å². The summed E-state index contributed by atoms with van der Waals surface area (Å²) in [4.78, 5) is 21.2. The van der Waals surface area contributed by atoms with Crippen molar-refractivity contribution >= 4 is 11.9 Å². The molecule has 1 aliphatic rings. The molecule has 0 aromatic carbocycles. The summed E-state index contributed by atoms with van der Waals surface area (Å²) in [5, 5.41) is 0. The van der Waals surface area contributed by atoms with Crippen LogP contribution in [0.3, 0.4) is 0 Å². The molecule has 1 rings (SSSR count). The Balaban J connectivity index is 2.47. The molecule has 1 aliphatic carbocycles. The third-order valence-electron chi connectivity index (χ3n) is 1.47. The molecule has 0 aliphatic heterocycles. The lowest BCUT2D eigenvalue weighted by atomic mass is 10.5. The van der Waals surface area contributed by atoms with Gasteiger partial charge in [0.2, 0.25) is 0 Å². The van der Waals surface area contributed by atoms with Crippen LogP contribution in [0.15, 0.2) is 11.6 Å². The van der Waals surface area contributed by atoms with Gasteiger partial charge in [0.25, 0.3) is 6.29 Å². The maximum absolute atomic E-state index is 10.6. The van der Waals surface area contributed by atoms with E-state index in [0.29, 0.717) is 0 Å². The Morgan fingerprint density at radius 3 is 2.00 bits per heavy atom. The summed E-state index contributed by atoms with van der Waals surface area (Å²) in [5.74, 6) is -0.910. The van der Waals surface area contributed by atoms with Crippen molar-refractivity contribution in [3.63, 3.8) is 0 Å². The van der Waals surface area contributed by atoms with Gasteiger partial charge in [0.1, 0.15) is 0 Å². The highest BCUT2D eigenvalue weighted by Gasteiger charge is 2.18. The van der Waals surface area contributed by atoms with Crippen molar-refractivity contribution in [1.82, 2.24) is 0 Å². The van der Waals surface area contributed by atoms with Crippen LogP contribution in [0.4, 0.5) is 0 Å². The minimum Gasteiger partial charge on any atom is -0.421 e. The van der Waals surface area contributed by atoms with Crippen molar-refractivity contribution < 1.29 is 19.1 Å². The Morgan fingerprint density at radius 2 is 1.69 bits per heavy atom. The Bertz CT molecular complexity index is 232. The fourth-order valence-corrected chi connectivity index (χ4v) is 0.851. The molecule has 0 unspecified atom stereocenters. The van der Waals surface area contributed by atoms with E-state index in [-0.39, 0.29) is 0 Å². The monoisotopic (exact) mass is 184 g/mol. The third-order valence-corrected chi connectivity index (χ3v) is 1.47. The first-order valence-corrected chi connectivity index (χ1v) is 4.12. The summed E-state index contributed by atoms with van der Waals surface area (Å²) in [6, 6.07) is 0. The molecule has 0 heterocycles. The Kier molecular flexibility index (Phi) is 3.06. The standard InChI is InChI=1S/C9H12O4/c1-6(10)12-9(13-7(2)11)5-8-3-4-8/h5,9H,3-4H2,1-2H3. The molecule has 1 saturated carbocycles. The van der Waals surface area contributed by atoms with Gasteiger partial charge in [-0.05, 0) is 18.9 Å². The summed E-state index contributed by atoms with van der Waals surface area (Å²) in [7, 11) is 0. The smallest absolute Gasteiger partial charge is 0.305 e. The van der Waals surface area contributed by atoms with E-state index in [4.69, 9.17) is 9.47 Å². The lowest BCUT2D eigenvalue weighted by molar-refractivity contribution is -0.176. The number of hydrogen-bond acceptors (Lipinski definition) is 4. The molecule has 0 aromatic rings. The maximum Gasteiger partial charge on any atom is 0.305 e. The molecule has 0 spiro atoms. The molecule has 0 saturated heterocycles. The van der Waals surface area contributed by atoms with Crippen LogP contribution in [-0.2, 0) is 19.1 Å². The normalized spacial score (nSPS) is 13.9. The number of ether oxygens (including phenoxy) is 2. The van der Waals surface area contributed by atoms with Gasteiger partial charge >= 0.3 is 11.9 Å². The first kappa shape index (κ1) is 9.77. The summed E-state index contributed by atoms with van der Waals surface area (Å²) in [6.45, 7) is 2.56. The molecule has 0 bridgehead atoms. The minimum atomic E-state index is -0.840. The summed E-state index contributed by atoms with van der Waals surface area (Å²) in [5.41, 5.74) is 1.16. The van der Waals surface area contributed by atoms with Crippen molar-refractivity contribution in [2.24, 2.45) is 0 Å². The fraction of sp³-hybridized carbons (Fsp3) is 0.556. The zero-order valence-electron chi connectivity index (χ0n) is 7.70. The highest BCUT2D eigenvalue weighted by molar-refractivity contribution is 5.68. The summed E-state index contributed by atoms with van der Waals surface area (Å²) >= 11 is 0. The van der Waals surface area contributed by atoms with Crippen molar-refractivity contribution in [1.29, 1.82) is 0 Å². The van der Waals surface area contributed by atoms with E-state index >= 15 is 0 Å². The lowest BCUT2D eigenvalue weighted by Crippen LogP contribution is -2.20. The van der Waals surface area contributed by atoms with Gasteiger partial charge in [-0.1, -0.05) is 5.57 Å². The lowest BCUT2D eigenvalue weighted by Gasteiger charge is -2.12. The van der Waals surface area contributed by atoms with Crippen LogP contribution in [0.25, 0.3) is 0 Å². The predicted octanol–water partition coefficient (Wildman–Crippen LogP) is 1.16. The average Bonchev–Trinajstić information content (AvgIpc) is 2.67. The average molecular weight is 184 g/mol. The number of carbonyl (C=O) groups is 2. The van der Waals surface area contributed by atoms with Crippen LogP contribution in [0.2, 0.25) is 0 Å². The second-order valence-corrected chi connectivity index (χ2v) is 2.91. The quantitative estimate of drug-likeness (QED) is 0.375. The van der Waals surface area contributed by atoms with Crippen molar-refractivity contribution in [3.8, 4) is 0 Å². The Hall–Kier alpha value is -1.32. The van der Waals surface area contributed by atoms with E-state index in [0.717, 1.165) is 18.4 Å². The first-order valence-electron chi connectivity index (χ1n) is 4.12. The number of hydrogen-bond donors (Lipinski definition) is 0. The second-order valence-electron chi connectivity index (χ2n) is 2.91. The van der Waals surface area contributed by atoms with Gasteiger partial charge in [0, 0.05) is 13.8 Å². The van der Waals surface area contributed by atoms with Crippen molar-refractivity contribution in [2.75, 3.05) is 0 Å². The van der Waals surface area contributed by atoms with Crippen LogP contribution in [0.5, 0.6) is 0 Å². The van der Waals surface area contributed by atoms with E-state index in [2.05, 4.69) is 0 Å². The van der Waals surface area contributed by atoms with E-state index in [9.17, 15) is 9.59 Å². The molecular formula is C9H12O4. The van der Waals surface area contributed by atoms with E-state index < -0.39 is 18.2 Å². The molecule has 0 N–H and O–H groups in total. The minimum absolute atomic E-state index is 0.455. The van der Waals surface area contributed by atoms with Crippen LogP contribution in [-0.4, -0.2) is 18.2 Å². The van der Waals surface area contributed by atoms with E-state index in [1.807, 2.05) is 0 Å². The Morgan fingerprint density at radius 1 is 1.23 bits per heavy atom. The van der Waals surface area contributed by atoms with Crippen LogP contribution >= 0.6 is 0 Å². The van der Waals surface area contributed by atoms with Crippen molar-refractivity contribution in [3.05, 3.63) is 11.6 Å². The van der Waals surface area contributed by atoms with Crippen LogP contribution in [0.1, 0.15) is 26.7 Å². The Labute approximate surface area is 76.5 Å². The molecule has 4 nitrogen and oxygen atoms in total. The molecule has 72 valence electrons. The zero-order chi connectivity index (χ0) is 9.84. The maximum atomic E-state index is 10.6. The third kappa shape index (κ3) is 4.30. The molecule has 13 heavy (non-hydrogen) atoms. The van der Waals surface area contributed by atoms with Gasteiger partial charge in [-0.25, -0.2) is 0 Å². The molecular weight excluding hydrogens is 172 g/mol. The predicted molar refractivity (Wildman–Crippen MR) is 44.6 cm³/mol. The fourth-order valence-electron chi connectivity index (χ4n) is 0.851. The molecule has 0 atom stereocenters. The second kappa shape index (κ2) is 4.07. The van der Waals surface area contributed by atoms with E-state index in [1.165, 1.54) is 13.8 Å². The molecule has 4 heteroatoms. The number of esters is 2. The molecule has 0 amide bonds. The molecule has 0 radical (unpaired) electrons. The van der Waals surface area contributed by atoms with Gasteiger partial charge in [-0.15, -0.1) is 0 Å². The zero-order valence-corrected chi connectivity index (χ0v) is 7.70. The highest BCUT2D eigenvalue weighted by atomic mass is 16.7. The van der Waals surface area contributed by atoms with E-state index in [1.54, 1.807) is 6.08 Å². The van der Waals surface area contributed by atoms with Crippen molar-refractivity contribution in [2.45, 2.75) is 33.0 Å². The summed E-state index contributed by atoms with van der Waals surface area (Å²) < 4.78 is 9.51. The largest absolute Gasteiger partial charge is 0.421 e. The highest BCUT2D eigenvalue weighted by Crippen LogP contribution is 2.28. The molecule has 0 aromatic heterocycles.